The fraction of sp³-hybridized carbons (Fsp3) is 0.350. The van der Waals surface area contributed by atoms with Gasteiger partial charge >= 0.3 is 6.18 Å². The molecule has 1 fully saturated rings. The molecule has 0 spiro atoms. The smallest absolute Gasteiger partial charge is 0.349 e. The zero-order valence-electron chi connectivity index (χ0n) is 15.8. The first-order chi connectivity index (χ1) is 14.3. The highest BCUT2D eigenvalue weighted by Crippen LogP contribution is 2.41. The molecule has 0 radical (unpaired) electrons. The molecule has 1 aliphatic rings. The maximum absolute atomic E-state index is 15.4. The van der Waals surface area contributed by atoms with Crippen molar-refractivity contribution in [2.45, 2.75) is 47.8 Å². The van der Waals surface area contributed by atoms with Gasteiger partial charge in [0, 0.05) is 11.1 Å². The van der Waals surface area contributed by atoms with E-state index in [9.17, 15) is 26.4 Å². The van der Waals surface area contributed by atoms with Gasteiger partial charge in [-0.05, 0) is 62.1 Å². The van der Waals surface area contributed by atoms with Gasteiger partial charge in [-0.2, -0.15) is 13.2 Å². The molecular formula is C20H17Cl2F4NO3S. The third-order valence-electron chi connectivity index (χ3n) is 5.20. The van der Waals surface area contributed by atoms with Crippen LogP contribution < -0.4 is 5.32 Å². The normalized spacial score (nSPS) is 22.2. The molecule has 0 aromatic heterocycles. The van der Waals surface area contributed by atoms with Crippen molar-refractivity contribution in [1.82, 2.24) is 5.32 Å². The largest absolute Gasteiger partial charge is 0.416 e. The van der Waals surface area contributed by atoms with Crippen LogP contribution >= 0.6 is 23.2 Å². The van der Waals surface area contributed by atoms with Crippen molar-refractivity contribution in [2.24, 2.45) is 0 Å². The van der Waals surface area contributed by atoms with Crippen LogP contribution in [-0.4, -0.2) is 25.4 Å². The van der Waals surface area contributed by atoms with E-state index in [1.54, 1.807) is 0 Å². The minimum atomic E-state index is -4.75. The average Bonchev–Trinajstić information content (AvgIpc) is 2.69. The van der Waals surface area contributed by atoms with Gasteiger partial charge in [-0.1, -0.05) is 29.3 Å². The number of alkyl halides is 4. The minimum Gasteiger partial charge on any atom is -0.349 e. The molecule has 0 saturated heterocycles. The Balaban J connectivity index is 1.72. The molecule has 1 saturated carbocycles. The number of halogens is 6. The molecule has 4 nitrogen and oxygen atoms in total. The molecule has 31 heavy (non-hydrogen) atoms. The molecule has 1 aliphatic carbocycles. The summed E-state index contributed by atoms with van der Waals surface area (Å²) in [5.41, 5.74) is -1.00. The van der Waals surface area contributed by atoms with E-state index >= 15 is 4.39 Å². The van der Waals surface area contributed by atoms with Crippen molar-refractivity contribution in [2.75, 3.05) is 0 Å². The van der Waals surface area contributed by atoms with Crippen LogP contribution in [0, 0.1) is 0 Å². The van der Waals surface area contributed by atoms with Crippen molar-refractivity contribution >= 4 is 38.9 Å². The summed E-state index contributed by atoms with van der Waals surface area (Å²) in [6.45, 7) is 0. The Morgan fingerprint density at radius 1 is 1.06 bits per heavy atom. The Kier molecular flexibility index (Phi) is 6.60. The summed E-state index contributed by atoms with van der Waals surface area (Å²) in [6.07, 6.45) is -5.70. The lowest BCUT2D eigenvalue weighted by Crippen LogP contribution is -2.45. The molecule has 1 N–H and O–H groups in total. The molecule has 2 aromatic carbocycles. The standard InChI is InChI=1S/C20H17Cl2F4NO3S/c21-13-4-5-16(17(22)11-13)18(28)27-14-6-8-19(23,9-7-14)31(29,30)15-3-1-2-12(10-15)20(24,25)26/h1-5,10-11,14H,6-9H2,(H,27,28)/t14-,19+. The van der Waals surface area contributed by atoms with E-state index in [4.69, 9.17) is 23.2 Å². The zero-order chi connectivity index (χ0) is 23.0. The summed E-state index contributed by atoms with van der Waals surface area (Å²) in [6, 6.07) is 6.83. The SMILES string of the molecule is O=C(N[C@H]1CC[C@@](F)(S(=O)(=O)c2cccc(C(F)(F)F)c2)CC1)c1ccc(Cl)cc1Cl. The van der Waals surface area contributed by atoms with Crippen LogP contribution in [0.1, 0.15) is 41.6 Å². The highest BCUT2D eigenvalue weighted by molar-refractivity contribution is 7.92. The van der Waals surface area contributed by atoms with Crippen LogP contribution in [0.15, 0.2) is 47.4 Å². The highest BCUT2D eigenvalue weighted by Gasteiger charge is 2.48. The van der Waals surface area contributed by atoms with E-state index in [-0.39, 0.29) is 23.4 Å². The van der Waals surface area contributed by atoms with E-state index in [0.717, 1.165) is 18.2 Å². The van der Waals surface area contributed by atoms with Crippen molar-refractivity contribution in [3.05, 3.63) is 63.6 Å². The molecule has 0 heterocycles. The molecule has 1 amide bonds. The lowest BCUT2D eigenvalue weighted by atomic mass is 9.93. The molecule has 3 rings (SSSR count). The van der Waals surface area contributed by atoms with Gasteiger partial charge < -0.3 is 5.32 Å². The molecule has 0 unspecified atom stereocenters. The number of hydrogen-bond acceptors (Lipinski definition) is 3. The second kappa shape index (κ2) is 8.60. The van der Waals surface area contributed by atoms with Crippen molar-refractivity contribution < 1.29 is 30.8 Å². The quantitative estimate of drug-likeness (QED) is 0.541. The molecule has 0 bridgehead atoms. The van der Waals surface area contributed by atoms with Gasteiger partial charge in [0.15, 0.2) is 0 Å². The number of nitrogens with one attached hydrogen (secondary N) is 1. The molecular weight excluding hydrogens is 481 g/mol. The number of carbonyl (C=O) groups excluding carboxylic acids is 1. The summed E-state index contributed by atoms with van der Waals surface area (Å²) in [4.78, 5) is 11.7. The fourth-order valence-electron chi connectivity index (χ4n) is 3.45. The summed E-state index contributed by atoms with van der Waals surface area (Å²) in [5, 5.41) is 0.431. The Labute approximate surface area is 186 Å². The van der Waals surface area contributed by atoms with Crippen LogP contribution in [0.25, 0.3) is 0 Å². The first kappa shape index (κ1) is 23.8. The summed E-state index contributed by atoms with van der Waals surface area (Å²) in [7, 11) is -4.68. The van der Waals surface area contributed by atoms with Gasteiger partial charge in [0.1, 0.15) is 0 Å². The number of carbonyl (C=O) groups is 1. The maximum Gasteiger partial charge on any atom is 0.416 e. The van der Waals surface area contributed by atoms with E-state index in [0.29, 0.717) is 11.1 Å². The number of amides is 1. The lowest BCUT2D eigenvalue weighted by molar-refractivity contribution is -0.137. The van der Waals surface area contributed by atoms with Crippen molar-refractivity contribution in [3.63, 3.8) is 0 Å². The van der Waals surface area contributed by atoms with E-state index < -0.39 is 56.3 Å². The number of hydrogen-bond donors (Lipinski definition) is 1. The van der Waals surface area contributed by atoms with E-state index in [1.165, 1.54) is 18.2 Å². The first-order valence-electron chi connectivity index (χ1n) is 9.20. The molecule has 0 atom stereocenters. The van der Waals surface area contributed by atoms with Gasteiger partial charge in [0.05, 0.1) is 21.0 Å². The second-order valence-corrected chi connectivity index (χ2v) is 10.3. The lowest BCUT2D eigenvalue weighted by Gasteiger charge is -2.34. The van der Waals surface area contributed by atoms with Crippen LogP contribution in [0.3, 0.4) is 0 Å². The van der Waals surface area contributed by atoms with E-state index in [2.05, 4.69) is 5.32 Å². The average molecular weight is 498 g/mol. The summed E-state index contributed by atoms with van der Waals surface area (Å²) in [5.74, 6) is -0.515. The highest BCUT2D eigenvalue weighted by atomic mass is 35.5. The first-order valence-corrected chi connectivity index (χ1v) is 11.4. The van der Waals surface area contributed by atoms with Crippen LogP contribution in [-0.2, 0) is 16.0 Å². The second-order valence-electron chi connectivity index (χ2n) is 7.28. The maximum atomic E-state index is 15.4. The Morgan fingerprint density at radius 3 is 2.29 bits per heavy atom. The number of sulfone groups is 1. The number of rotatable bonds is 4. The molecule has 0 aliphatic heterocycles. The van der Waals surface area contributed by atoms with Crippen LogP contribution in [0.4, 0.5) is 17.6 Å². The van der Waals surface area contributed by atoms with Gasteiger partial charge in [-0.15, -0.1) is 0 Å². The minimum absolute atomic E-state index is 0.00829. The van der Waals surface area contributed by atoms with Crippen LogP contribution in [0.5, 0.6) is 0 Å². The zero-order valence-corrected chi connectivity index (χ0v) is 18.2. The van der Waals surface area contributed by atoms with Gasteiger partial charge in [-0.3, -0.25) is 4.79 Å². The van der Waals surface area contributed by atoms with Crippen LogP contribution in [0.2, 0.25) is 10.0 Å². The fourth-order valence-corrected chi connectivity index (χ4v) is 5.68. The predicted octanol–water partition coefficient (Wildman–Crippen LogP) is 5.82. The van der Waals surface area contributed by atoms with Gasteiger partial charge in [0.25, 0.3) is 5.91 Å². The monoisotopic (exact) mass is 497 g/mol. The Hall–Kier alpha value is -1.84. The van der Waals surface area contributed by atoms with Crippen molar-refractivity contribution in [3.8, 4) is 0 Å². The molecule has 2 aromatic rings. The topological polar surface area (TPSA) is 63.2 Å². The van der Waals surface area contributed by atoms with Gasteiger partial charge in [-0.25, -0.2) is 12.8 Å². The predicted molar refractivity (Wildman–Crippen MR) is 109 cm³/mol. The number of benzene rings is 2. The Bertz CT molecular complexity index is 1100. The third-order valence-corrected chi connectivity index (χ3v) is 7.99. The summed E-state index contributed by atoms with van der Waals surface area (Å²) >= 11 is 11.8. The Morgan fingerprint density at radius 2 is 1.71 bits per heavy atom. The molecule has 11 heteroatoms. The van der Waals surface area contributed by atoms with Gasteiger partial charge in [0.2, 0.25) is 14.8 Å². The third kappa shape index (κ3) is 4.99. The van der Waals surface area contributed by atoms with Crippen molar-refractivity contribution in [1.29, 1.82) is 0 Å². The molecule has 168 valence electrons. The summed E-state index contributed by atoms with van der Waals surface area (Å²) < 4.78 is 79.6. The van der Waals surface area contributed by atoms with E-state index in [1.807, 2.05) is 0 Å².